The van der Waals surface area contributed by atoms with Crippen LogP contribution in [0.4, 0.5) is 0 Å². The van der Waals surface area contributed by atoms with E-state index in [1.54, 1.807) is 12.1 Å². The zero-order chi connectivity index (χ0) is 12.5. The molecule has 3 nitrogen and oxygen atoms in total. The molecule has 0 atom stereocenters. The highest BCUT2D eigenvalue weighted by molar-refractivity contribution is 7.89. The Labute approximate surface area is 107 Å². The van der Waals surface area contributed by atoms with Gasteiger partial charge in [-0.25, -0.2) is 13.1 Å². The molecule has 0 amide bonds. The molecule has 5 heteroatoms. The quantitative estimate of drug-likeness (QED) is 0.837. The Bertz CT molecular complexity index is 492. The summed E-state index contributed by atoms with van der Waals surface area (Å²) in [5.74, 6) is 0.544. The summed E-state index contributed by atoms with van der Waals surface area (Å²) in [5.41, 5.74) is 0.824. The van der Waals surface area contributed by atoms with E-state index in [-0.39, 0.29) is 5.54 Å². The molecule has 0 bridgehead atoms. The summed E-state index contributed by atoms with van der Waals surface area (Å²) in [5, 5.41) is 0. The van der Waals surface area contributed by atoms with Gasteiger partial charge in [0.1, 0.15) is 0 Å². The number of sulfonamides is 1. The maximum absolute atomic E-state index is 12.0. The van der Waals surface area contributed by atoms with Crippen molar-refractivity contribution >= 4 is 21.6 Å². The fourth-order valence-corrected chi connectivity index (χ4v) is 3.30. The summed E-state index contributed by atoms with van der Waals surface area (Å²) in [4.78, 5) is 0.323. The molecule has 0 aromatic heterocycles. The Morgan fingerprint density at radius 2 is 1.88 bits per heavy atom. The van der Waals surface area contributed by atoms with E-state index < -0.39 is 10.0 Å². The van der Waals surface area contributed by atoms with E-state index in [0.717, 1.165) is 24.8 Å². The molecule has 0 spiro atoms. The number of hydrogen-bond donors (Lipinski definition) is 1. The largest absolute Gasteiger partial charge is 0.241 e. The molecule has 1 aromatic rings. The molecule has 1 aliphatic carbocycles. The van der Waals surface area contributed by atoms with Crippen LogP contribution < -0.4 is 4.72 Å². The van der Waals surface area contributed by atoms with E-state index in [1.807, 2.05) is 19.1 Å². The van der Waals surface area contributed by atoms with Crippen molar-refractivity contribution in [1.29, 1.82) is 0 Å². The minimum Gasteiger partial charge on any atom is -0.207 e. The summed E-state index contributed by atoms with van der Waals surface area (Å²) in [6.07, 6.45) is 2.58. The van der Waals surface area contributed by atoms with Crippen LogP contribution in [-0.4, -0.2) is 19.8 Å². The first-order valence-corrected chi connectivity index (χ1v) is 7.66. The maximum Gasteiger partial charge on any atom is 0.241 e. The Morgan fingerprint density at radius 3 is 2.35 bits per heavy atom. The number of rotatable bonds is 5. The van der Waals surface area contributed by atoms with Crippen molar-refractivity contribution in [3.8, 4) is 0 Å². The van der Waals surface area contributed by atoms with Gasteiger partial charge >= 0.3 is 0 Å². The summed E-state index contributed by atoms with van der Waals surface area (Å²) in [7, 11) is -3.37. The molecule has 1 aromatic carbocycles. The standard InChI is InChI=1S/C12H16ClNO2S/c1-12(7-8-12)14-17(15,16)11-4-2-10(3-5-11)6-9-13/h2-5,14H,6-9H2,1H3. The van der Waals surface area contributed by atoms with Crippen LogP contribution in [0.1, 0.15) is 25.3 Å². The van der Waals surface area contributed by atoms with Crippen molar-refractivity contribution in [1.82, 2.24) is 4.72 Å². The molecule has 0 unspecified atom stereocenters. The van der Waals surface area contributed by atoms with E-state index in [4.69, 9.17) is 11.6 Å². The zero-order valence-electron chi connectivity index (χ0n) is 9.74. The number of halogens is 1. The Kier molecular flexibility index (Phi) is 3.48. The molecule has 1 N–H and O–H groups in total. The predicted molar refractivity (Wildman–Crippen MR) is 68.8 cm³/mol. The molecule has 1 aliphatic rings. The Balaban J connectivity index is 2.15. The van der Waals surface area contributed by atoms with Crippen LogP contribution in [0.2, 0.25) is 0 Å². The molecule has 17 heavy (non-hydrogen) atoms. The molecule has 94 valence electrons. The van der Waals surface area contributed by atoms with Crippen LogP contribution in [-0.2, 0) is 16.4 Å². The van der Waals surface area contributed by atoms with Crippen LogP contribution in [0, 0.1) is 0 Å². The molecule has 1 saturated carbocycles. The van der Waals surface area contributed by atoms with E-state index in [2.05, 4.69) is 4.72 Å². The molecular weight excluding hydrogens is 258 g/mol. The van der Waals surface area contributed by atoms with Gasteiger partial charge in [-0.3, -0.25) is 0 Å². The molecule has 0 radical (unpaired) electrons. The van der Waals surface area contributed by atoms with Crippen LogP contribution in [0.25, 0.3) is 0 Å². The molecule has 0 heterocycles. The number of aryl methyl sites for hydroxylation is 1. The molecule has 2 rings (SSSR count). The fourth-order valence-electron chi connectivity index (χ4n) is 1.62. The fraction of sp³-hybridized carbons (Fsp3) is 0.500. The summed E-state index contributed by atoms with van der Waals surface area (Å²) in [6, 6.07) is 6.89. The Hall–Kier alpha value is -0.580. The SMILES string of the molecule is CC1(NS(=O)(=O)c2ccc(CCCl)cc2)CC1. The topological polar surface area (TPSA) is 46.2 Å². The van der Waals surface area contributed by atoms with Crippen molar-refractivity contribution in [2.75, 3.05) is 5.88 Å². The third-order valence-electron chi connectivity index (χ3n) is 3.00. The van der Waals surface area contributed by atoms with Gasteiger partial charge in [0.2, 0.25) is 10.0 Å². The summed E-state index contributed by atoms with van der Waals surface area (Å²) in [6.45, 7) is 1.92. The number of nitrogens with one attached hydrogen (secondary N) is 1. The number of benzene rings is 1. The van der Waals surface area contributed by atoms with Crippen molar-refractivity contribution < 1.29 is 8.42 Å². The van der Waals surface area contributed by atoms with Gasteiger partial charge in [-0.2, -0.15) is 0 Å². The van der Waals surface area contributed by atoms with E-state index in [1.165, 1.54) is 0 Å². The molecule has 1 fully saturated rings. The lowest BCUT2D eigenvalue weighted by atomic mass is 10.2. The van der Waals surface area contributed by atoms with Gasteiger partial charge < -0.3 is 0 Å². The minimum absolute atomic E-state index is 0.229. The van der Waals surface area contributed by atoms with Crippen LogP contribution in [0.5, 0.6) is 0 Å². The second kappa shape index (κ2) is 4.59. The van der Waals surface area contributed by atoms with E-state index in [0.29, 0.717) is 10.8 Å². The second-order valence-electron chi connectivity index (χ2n) is 4.75. The van der Waals surface area contributed by atoms with E-state index >= 15 is 0 Å². The van der Waals surface area contributed by atoms with Gasteiger partial charge in [-0.15, -0.1) is 11.6 Å². The van der Waals surface area contributed by atoms with Crippen LogP contribution in [0.3, 0.4) is 0 Å². The average Bonchev–Trinajstić information content (AvgIpc) is 2.96. The van der Waals surface area contributed by atoms with Crippen molar-refractivity contribution in [2.45, 2.75) is 36.6 Å². The number of hydrogen-bond acceptors (Lipinski definition) is 2. The van der Waals surface area contributed by atoms with Gasteiger partial charge in [0.25, 0.3) is 0 Å². The van der Waals surface area contributed by atoms with Gasteiger partial charge in [0.05, 0.1) is 4.90 Å². The molecule has 0 saturated heterocycles. The summed E-state index contributed by atoms with van der Waals surface area (Å²) < 4.78 is 26.8. The number of alkyl halides is 1. The normalized spacial score (nSPS) is 18.0. The first kappa shape index (κ1) is 12.9. The highest BCUT2D eigenvalue weighted by Crippen LogP contribution is 2.35. The average molecular weight is 274 g/mol. The smallest absolute Gasteiger partial charge is 0.207 e. The maximum atomic E-state index is 12.0. The lowest BCUT2D eigenvalue weighted by Crippen LogP contribution is -2.34. The third-order valence-corrected chi connectivity index (χ3v) is 4.84. The van der Waals surface area contributed by atoms with Crippen LogP contribution in [0.15, 0.2) is 29.2 Å². The lowest BCUT2D eigenvalue weighted by molar-refractivity contribution is 0.558. The van der Waals surface area contributed by atoms with Gasteiger partial charge in [-0.1, -0.05) is 12.1 Å². The highest BCUT2D eigenvalue weighted by Gasteiger charge is 2.41. The molecular formula is C12H16ClNO2S. The first-order chi connectivity index (χ1) is 7.95. The first-order valence-electron chi connectivity index (χ1n) is 5.64. The van der Waals surface area contributed by atoms with Gasteiger partial charge in [0, 0.05) is 11.4 Å². The highest BCUT2D eigenvalue weighted by atomic mass is 35.5. The minimum atomic E-state index is -3.37. The van der Waals surface area contributed by atoms with Gasteiger partial charge in [-0.05, 0) is 43.9 Å². The van der Waals surface area contributed by atoms with Crippen molar-refractivity contribution in [3.63, 3.8) is 0 Å². The van der Waals surface area contributed by atoms with Crippen molar-refractivity contribution in [3.05, 3.63) is 29.8 Å². The second-order valence-corrected chi connectivity index (χ2v) is 6.81. The lowest BCUT2D eigenvalue weighted by Gasteiger charge is -2.12. The van der Waals surface area contributed by atoms with Crippen molar-refractivity contribution in [2.24, 2.45) is 0 Å². The summed E-state index contributed by atoms with van der Waals surface area (Å²) >= 11 is 5.63. The van der Waals surface area contributed by atoms with E-state index in [9.17, 15) is 8.42 Å². The zero-order valence-corrected chi connectivity index (χ0v) is 11.3. The van der Waals surface area contributed by atoms with Gasteiger partial charge in [0.15, 0.2) is 0 Å². The molecule has 0 aliphatic heterocycles. The third kappa shape index (κ3) is 3.21. The monoisotopic (exact) mass is 273 g/mol. The Morgan fingerprint density at radius 1 is 1.29 bits per heavy atom. The van der Waals surface area contributed by atoms with Crippen LogP contribution >= 0.6 is 11.6 Å². The predicted octanol–water partition coefficient (Wildman–Crippen LogP) is 2.30.